The Bertz CT molecular complexity index is 1240. The number of aliphatic hydroxyl groups is 1. The normalized spacial score (nSPS) is 17.4. The van der Waals surface area contributed by atoms with Gasteiger partial charge in [-0.15, -0.1) is 0 Å². The Morgan fingerprint density at radius 3 is 2.42 bits per heavy atom. The molecule has 168 valence electrons. The molecule has 1 N–H and O–H groups in total. The number of carbonyl (C=O) groups excluding carboxylic acids is 2. The first-order valence-corrected chi connectivity index (χ1v) is 11.1. The first kappa shape index (κ1) is 22.9. The number of Topliss-reactive ketones (excluding diaryl/α,β-unsaturated/α-hetero) is 1. The summed E-state index contributed by atoms with van der Waals surface area (Å²) in [6.45, 7) is 0.286. The van der Waals surface area contributed by atoms with Gasteiger partial charge in [0, 0.05) is 12.1 Å². The lowest BCUT2D eigenvalue weighted by atomic mass is 9.95. The van der Waals surface area contributed by atoms with E-state index < -0.39 is 17.7 Å². The highest BCUT2D eigenvalue weighted by atomic mass is 35.5. The highest BCUT2D eigenvalue weighted by Crippen LogP contribution is 2.41. The molecule has 0 aliphatic carbocycles. The lowest BCUT2D eigenvalue weighted by molar-refractivity contribution is -0.139. The fraction of sp³-hybridized carbons (Fsp3) is 0.154. The molecule has 1 aliphatic rings. The van der Waals surface area contributed by atoms with E-state index in [1.807, 2.05) is 30.3 Å². The molecule has 5 nitrogen and oxygen atoms in total. The van der Waals surface area contributed by atoms with Crippen molar-refractivity contribution in [3.63, 3.8) is 0 Å². The first-order valence-electron chi connectivity index (χ1n) is 10.3. The lowest BCUT2D eigenvalue weighted by Crippen LogP contribution is -2.31. The Balaban J connectivity index is 1.82. The van der Waals surface area contributed by atoms with Crippen LogP contribution in [0.15, 0.2) is 78.4 Å². The molecule has 3 aromatic rings. The quantitative estimate of drug-likeness (QED) is 0.280. The van der Waals surface area contributed by atoms with Crippen molar-refractivity contribution in [1.29, 1.82) is 0 Å². The van der Waals surface area contributed by atoms with Gasteiger partial charge in [-0.2, -0.15) is 0 Å². The number of methoxy groups -OCH3 is 1. The summed E-state index contributed by atoms with van der Waals surface area (Å²) in [6.07, 6.45) is 0.547. The third-order valence-corrected chi connectivity index (χ3v) is 6.37. The van der Waals surface area contributed by atoms with Crippen molar-refractivity contribution in [3.05, 3.63) is 105 Å². The van der Waals surface area contributed by atoms with Crippen molar-refractivity contribution >= 4 is 40.7 Å². The van der Waals surface area contributed by atoms with Crippen LogP contribution in [0.5, 0.6) is 5.75 Å². The molecule has 0 saturated carbocycles. The minimum Gasteiger partial charge on any atom is -0.507 e. The van der Waals surface area contributed by atoms with Gasteiger partial charge in [-0.3, -0.25) is 9.59 Å². The van der Waals surface area contributed by atoms with Gasteiger partial charge in [0.25, 0.3) is 11.7 Å². The Morgan fingerprint density at radius 2 is 1.73 bits per heavy atom. The van der Waals surface area contributed by atoms with E-state index in [0.29, 0.717) is 33.3 Å². The molecule has 0 spiro atoms. The largest absolute Gasteiger partial charge is 0.507 e. The monoisotopic (exact) mass is 481 g/mol. The van der Waals surface area contributed by atoms with Gasteiger partial charge in [-0.1, -0.05) is 71.7 Å². The van der Waals surface area contributed by atoms with Crippen molar-refractivity contribution in [2.75, 3.05) is 13.7 Å². The summed E-state index contributed by atoms with van der Waals surface area (Å²) in [5.41, 5.74) is 1.99. The van der Waals surface area contributed by atoms with Crippen LogP contribution in [0.4, 0.5) is 0 Å². The third-order valence-electron chi connectivity index (χ3n) is 5.63. The van der Waals surface area contributed by atoms with Gasteiger partial charge in [-0.05, 0) is 41.8 Å². The number of ether oxygens (including phenoxy) is 1. The molecule has 1 fully saturated rings. The van der Waals surface area contributed by atoms with E-state index in [9.17, 15) is 14.7 Å². The minimum atomic E-state index is -0.810. The second-order valence-corrected chi connectivity index (χ2v) is 8.45. The van der Waals surface area contributed by atoms with Crippen LogP contribution in [0.25, 0.3) is 5.76 Å². The zero-order chi connectivity index (χ0) is 23.5. The maximum Gasteiger partial charge on any atom is 0.295 e. The van der Waals surface area contributed by atoms with Crippen LogP contribution in [0, 0.1) is 0 Å². The summed E-state index contributed by atoms with van der Waals surface area (Å²) in [5.74, 6) is -1.18. The van der Waals surface area contributed by atoms with Gasteiger partial charge in [0.15, 0.2) is 0 Å². The second-order valence-electron chi connectivity index (χ2n) is 7.63. The average molecular weight is 482 g/mol. The molecule has 33 heavy (non-hydrogen) atoms. The van der Waals surface area contributed by atoms with Crippen molar-refractivity contribution < 1.29 is 19.4 Å². The van der Waals surface area contributed by atoms with Crippen LogP contribution < -0.4 is 4.74 Å². The van der Waals surface area contributed by atoms with Crippen LogP contribution in [0.3, 0.4) is 0 Å². The standard InChI is InChI=1S/C26H21Cl2NO4/c1-33-19-9-5-8-18(14-19)24(30)22-23(17-10-11-20(27)21(28)15-17)29(26(32)25(22)31)13-12-16-6-3-2-4-7-16/h2-11,14-15,23,30H,12-13H2,1H3. The summed E-state index contributed by atoms with van der Waals surface area (Å²) >= 11 is 12.3. The molecule has 0 bridgehead atoms. The maximum absolute atomic E-state index is 13.1. The fourth-order valence-corrected chi connectivity index (χ4v) is 4.27. The predicted octanol–water partition coefficient (Wildman–Crippen LogP) is 5.67. The van der Waals surface area contributed by atoms with E-state index >= 15 is 0 Å². The Hall–Kier alpha value is -3.28. The van der Waals surface area contributed by atoms with E-state index in [2.05, 4.69) is 0 Å². The first-order chi connectivity index (χ1) is 15.9. The number of halogens is 2. The number of nitrogens with zero attached hydrogens (tertiary/aromatic N) is 1. The molecule has 3 aromatic carbocycles. The van der Waals surface area contributed by atoms with Crippen molar-refractivity contribution in [2.45, 2.75) is 12.5 Å². The van der Waals surface area contributed by atoms with Crippen LogP contribution >= 0.6 is 23.2 Å². The number of ketones is 1. The van der Waals surface area contributed by atoms with Crippen LogP contribution in [0.1, 0.15) is 22.7 Å². The third kappa shape index (κ3) is 4.61. The van der Waals surface area contributed by atoms with Crippen molar-refractivity contribution in [2.24, 2.45) is 0 Å². The van der Waals surface area contributed by atoms with Gasteiger partial charge in [0.1, 0.15) is 11.5 Å². The SMILES string of the molecule is COc1cccc(C(O)=C2C(=O)C(=O)N(CCc3ccccc3)C2c2ccc(Cl)c(Cl)c2)c1. The number of hydrogen-bond donors (Lipinski definition) is 1. The maximum atomic E-state index is 13.1. The highest BCUT2D eigenvalue weighted by Gasteiger charge is 2.46. The molecular formula is C26H21Cl2NO4. The molecule has 1 atom stereocenters. The smallest absolute Gasteiger partial charge is 0.295 e. The highest BCUT2D eigenvalue weighted by molar-refractivity contribution is 6.46. The van der Waals surface area contributed by atoms with Crippen LogP contribution in [-0.4, -0.2) is 35.4 Å². The van der Waals surface area contributed by atoms with Gasteiger partial charge in [0.2, 0.25) is 0 Å². The zero-order valence-corrected chi connectivity index (χ0v) is 19.3. The molecule has 0 radical (unpaired) electrons. The van der Waals surface area contributed by atoms with E-state index in [0.717, 1.165) is 5.56 Å². The fourth-order valence-electron chi connectivity index (χ4n) is 3.96. The molecule has 0 aromatic heterocycles. The summed E-state index contributed by atoms with van der Waals surface area (Å²) in [7, 11) is 1.51. The Morgan fingerprint density at radius 1 is 0.970 bits per heavy atom. The molecule has 1 heterocycles. The number of rotatable bonds is 6. The van der Waals surface area contributed by atoms with Gasteiger partial charge < -0.3 is 14.7 Å². The Kier molecular flexibility index (Phi) is 6.72. The number of aliphatic hydroxyl groups excluding tert-OH is 1. The number of amides is 1. The molecule has 1 saturated heterocycles. The second kappa shape index (κ2) is 9.69. The van der Waals surface area contributed by atoms with E-state index in [-0.39, 0.29) is 17.9 Å². The van der Waals surface area contributed by atoms with E-state index in [1.165, 1.54) is 12.0 Å². The number of likely N-dealkylation sites (tertiary alicyclic amines) is 1. The topological polar surface area (TPSA) is 66.8 Å². The van der Waals surface area contributed by atoms with Gasteiger partial charge in [0.05, 0.1) is 28.8 Å². The summed E-state index contributed by atoms with van der Waals surface area (Å²) in [6, 6.07) is 20.5. The van der Waals surface area contributed by atoms with E-state index in [1.54, 1.807) is 42.5 Å². The van der Waals surface area contributed by atoms with Gasteiger partial charge >= 0.3 is 0 Å². The summed E-state index contributed by atoms with van der Waals surface area (Å²) in [4.78, 5) is 27.7. The van der Waals surface area contributed by atoms with E-state index in [4.69, 9.17) is 27.9 Å². The van der Waals surface area contributed by atoms with Crippen molar-refractivity contribution in [1.82, 2.24) is 4.90 Å². The number of benzene rings is 3. The minimum absolute atomic E-state index is 0.000274. The van der Waals surface area contributed by atoms with Crippen LogP contribution in [-0.2, 0) is 16.0 Å². The molecular weight excluding hydrogens is 461 g/mol. The molecule has 1 unspecified atom stereocenters. The van der Waals surface area contributed by atoms with Crippen LogP contribution in [0.2, 0.25) is 10.0 Å². The molecule has 4 rings (SSSR count). The lowest BCUT2D eigenvalue weighted by Gasteiger charge is -2.25. The van der Waals surface area contributed by atoms with Gasteiger partial charge in [-0.25, -0.2) is 0 Å². The molecule has 1 amide bonds. The average Bonchev–Trinajstić information content (AvgIpc) is 3.09. The Labute approximate surface area is 201 Å². The molecule has 1 aliphatic heterocycles. The number of hydrogen-bond acceptors (Lipinski definition) is 4. The summed E-state index contributed by atoms with van der Waals surface area (Å²) < 4.78 is 5.24. The summed E-state index contributed by atoms with van der Waals surface area (Å²) in [5, 5.41) is 11.8. The predicted molar refractivity (Wildman–Crippen MR) is 129 cm³/mol. The molecule has 7 heteroatoms. The zero-order valence-electron chi connectivity index (χ0n) is 17.8. The van der Waals surface area contributed by atoms with Crippen molar-refractivity contribution in [3.8, 4) is 5.75 Å². The number of carbonyl (C=O) groups is 2.